The maximum atomic E-state index is 10.9. The van der Waals surface area contributed by atoms with E-state index in [-0.39, 0.29) is 29.9 Å². The molecule has 0 amide bonds. The summed E-state index contributed by atoms with van der Waals surface area (Å²) in [5.41, 5.74) is 5.96. The number of rotatable bonds is 5. The molecule has 0 aliphatic carbocycles. The smallest absolute Gasteiger partial charge is 0.305 e. The number of carbonyl (C=O) groups excluding carboxylic acids is 1. The van der Waals surface area contributed by atoms with E-state index in [9.17, 15) is 4.79 Å². The Morgan fingerprint density at radius 2 is 2.21 bits per heavy atom. The molecule has 6 heteroatoms. The first-order valence-corrected chi connectivity index (χ1v) is 6.75. The zero-order chi connectivity index (χ0) is 13.4. The lowest BCUT2D eigenvalue weighted by Crippen LogP contribution is -2.43. The molecule has 5 nitrogen and oxygen atoms in total. The molecule has 0 bridgehead atoms. The number of hydrogen-bond donors (Lipinski definition) is 1. The van der Waals surface area contributed by atoms with Crippen molar-refractivity contribution < 1.29 is 9.53 Å². The molecule has 1 saturated heterocycles. The number of carbonyl (C=O) groups is 1. The average molecular weight is 383 g/mol. The minimum Gasteiger partial charge on any atom is -0.469 e. The van der Waals surface area contributed by atoms with Crippen LogP contribution in [0, 0.1) is 5.92 Å². The quantitative estimate of drug-likeness (QED) is 0.259. The number of nitrogens with zero attached hydrogens (tertiary/aromatic N) is 2. The van der Waals surface area contributed by atoms with Crippen LogP contribution in [0.3, 0.4) is 0 Å². The second kappa shape index (κ2) is 10.3. The average Bonchev–Trinajstić information content (AvgIpc) is 2.37. The lowest BCUT2D eigenvalue weighted by Gasteiger charge is -2.31. The molecule has 0 aromatic carbocycles. The Morgan fingerprint density at radius 1 is 1.47 bits per heavy atom. The first-order chi connectivity index (χ1) is 8.63. The van der Waals surface area contributed by atoms with Crippen LogP contribution in [0.5, 0.6) is 0 Å². The van der Waals surface area contributed by atoms with Gasteiger partial charge in [-0.15, -0.1) is 24.0 Å². The van der Waals surface area contributed by atoms with Crippen LogP contribution in [-0.4, -0.2) is 43.6 Å². The SMILES string of the molecule is COC(=O)CCCCN=C(N)N1CCCC(C)C1.I. The summed E-state index contributed by atoms with van der Waals surface area (Å²) in [7, 11) is 1.41. The Balaban J connectivity index is 0.00000324. The van der Waals surface area contributed by atoms with Gasteiger partial charge in [0.05, 0.1) is 7.11 Å². The van der Waals surface area contributed by atoms with E-state index in [2.05, 4.69) is 21.6 Å². The number of methoxy groups -OCH3 is 1. The molecule has 1 aliphatic heterocycles. The molecule has 1 unspecified atom stereocenters. The zero-order valence-electron chi connectivity index (χ0n) is 11.9. The minimum atomic E-state index is -0.156. The molecule has 1 atom stereocenters. The van der Waals surface area contributed by atoms with E-state index in [0.29, 0.717) is 24.8 Å². The summed E-state index contributed by atoms with van der Waals surface area (Å²) in [6, 6.07) is 0. The van der Waals surface area contributed by atoms with Crippen molar-refractivity contribution >= 4 is 35.9 Å². The van der Waals surface area contributed by atoms with Gasteiger partial charge in [0.15, 0.2) is 5.96 Å². The molecule has 19 heavy (non-hydrogen) atoms. The van der Waals surface area contributed by atoms with Crippen molar-refractivity contribution in [2.75, 3.05) is 26.7 Å². The second-order valence-electron chi connectivity index (χ2n) is 4.97. The van der Waals surface area contributed by atoms with Gasteiger partial charge in [0, 0.05) is 26.1 Å². The van der Waals surface area contributed by atoms with Crippen LogP contribution < -0.4 is 5.73 Å². The van der Waals surface area contributed by atoms with Crippen molar-refractivity contribution in [3.05, 3.63) is 0 Å². The van der Waals surface area contributed by atoms with E-state index in [0.717, 1.165) is 25.9 Å². The predicted molar refractivity (Wildman–Crippen MR) is 87.7 cm³/mol. The maximum Gasteiger partial charge on any atom is 0.305 e. The molecule has 0 aromatic heterocycles. The van der Waals surface area contributed by atoms with E-state index in [1.807, 2.05) is 0 Å². The highest BCUT2D eigenvalue weighted by atomic mass is 127. The van der Waals surface area contributed by atoms with Gasteiger partial charge < -0.3 is 15.4 Å². The third-order valence-corrected chi connectivity index (χ3v) is 3.27. The number of esters is 1. The van der Waals surface area contributed by atoms with Crippen LogP contribution in [0.4, 0.5) is 0 Å². The molecule has 1 aliphatic rings. The molecule has 1 fully saturated rings. The predicted octanol–water partition coefficient (Wildman–Crippen LogP) is 1.99. The fourth-order valence-corrected chi connectivity index (χ4v) is 2.17. The fraction of sp³-hybridized carbons (Fsp3) is 0.846. The summed E-state index contributed by atoms with van der Waals surface area (Å²) in [6.45, 7) is 4.96. The van der Waals surface area contributed by atoms with Crippen molar-refractivity contribution in [2.24, 2.45) is 16.6 Å². The Kier molecular flexibility index (Phi) is 9.99. The normalized spacial score (nSPS) is 19.8. The highest BCUT2D eigenvalue weighted by molar-refractivity contribution is 14.0. The molecule has 0 spiro atoms. The van der Waals surface area contributed by atoms with E-state index in [1.165, 1.54) is 20.0 Å². The monoisotopic (exact) mass is 383 g/mol. The van der Waals surface area contributed by atoms with Crippen LogP contribution in [0.25, 0.3) is 0 Å². The molecule has 0 radical (unpaired) electrons. The van der Waals surface area contributed by atoms with Crippen molar-refractivity contribution in [3.63, 3.8) is 0 Å². The van der Waals surface area contributed by atoms with Gasteiger partial charge in [0.25, 0.3) is 0 Å². The number of halogens is 1. The topological polar surface area (TPSA) is 67.9 Å². The van der Waals surface area contributed by atoms with Crippen LogP contribution in [-0.2, 0) is 9.53 Å². The largest absolute Gasteiger partial charge is 0.469 e. The van der Waals surface area contributed by atoms with Gasteiger partial charge in [0.2, 0.25) is 0 Å². The van der Waals surface area contributed by atoms with Gasteiger partial charge in [-0.3, -0.25) is 9.79 Å². The third kappa shape index (κ3) is 7.59. The number of guanidine groups is 1. The summed E-state index contributed by atoms with van der Waals surface area (Å²) in [6.07, 6.45) is 4.62. The number of unbranched alkanes of at least 4 members (excludes halogenated alkanes) is 1. The van der Waals surface area contributed by atoms with Gasteiger partial charge in [0.1, 0.15) is 0 Å². The van der Waals surface area contributed by atoms with Crippen molar-refractivity contribution in [2.45, 2.75) is 39.0 Å². The molecule has 0 aromatic rings. The van der Waals surface area contributed by atoms with Gasteiger partial charge in [-0.1, -0.05) is 6.92 Å². The summed E-state index contributed by atoms with van der Waals surface area (Å²) in [4.78, 5) is 17.4. The molecular formula is C13H26IN3O2. The van der Waals surface area contributed by atoms with E-state index >= 15 is 0 Å². The molecule has 0 saturated carbocycles. The van der Waals surface area contributed by atoms with E-state index in [4.69, 9.17) is 5.73 Å². The number of aliphatic imine (C=N–C) groups is 1. The summed E-state index contributed by atoms with van der Waals surface area (Å²) in [5.74, 6) is 1.20. The Bertz CT molecular complexity index is 298. The van der Waals surface area contributed by atoms with Gasteiger partial charge in [-0.05, 0) is 31.6 Å². The number of piperidine rings is 1. The van der Waals surface area contributed by atoms with E-state index in [1.54, 1.807) is 0 Å². The lowest BCUT2D eigenvalue weighted by molar-refractivity contribution is -0.140. The Hall–Kier alpha value is -0.530. The van der Waals surface area contributed by atoms with E-state index < -0.39 is 0 Å². The molecule has 112 valence electrons. The highest BCUT2D eigenvalue weighted by Crippen LogP contribution is 2.14. The summed E-state index contributed by atoms with van der Waals surface area (Å²) in [5, 5.41) is 0. The van der Waals surface area contributed by atoms with Gasteiger partial charge in [-0.2, -0.15) is 0 Å². The first kappa shape index (κ1) is 18.5. The molecule has 2 N–H and O–H groups in total. The van der Waals surface area contributed by atoms with Crippen molar-refractivity contribution in [1.82, 2.24) is 4.90 Å². The third-order valence-electron chi connectivity index (χ3n) is 3.27. The van der Waals surface area contributed by atoms with Crippen LogP contribution in [0.15, 0.2) is 4.99 Å². The number of likely N-dealkylation sites (tertiary alicyclic amines) is 1. The van der Waals surface area contributed by atoms with Crippen LogP contribution in [0.2, 0.25) is 0 Å². The fourth-order valence-electron chi connectivity index (χ4n) is 2.17. The number of nitrogens with two attached hydrogens (primary N) is 1. The second-order valence-corrected chi connectivity index (χ2v) is 4.97. The lowest BCUT2D eigenvalue weighted by atomic mass is 10.0. The van der Waals surface area contributed by atoms with Crippen LogP contribution in [0.1, 0.15) is 39.0 Å². The minimum absolute atomic E-state index is 0. The standard InChI is InChI=1S/C13H25N3O2.HI/c1-11-6-5-9-16(10-11)13(14)15-8-4-3-7-12(17)18-2;/h11H,3-10H2,1-2H3,(H2,14,15);1H. The van der Waals surface area contributed by atoms with Crippen molar-refractivity contribution in [3.8, 4) is 0 Å². The first-order valence-electron chi connectivity index (χ1n) is 6.75. The van der Waals surface area contributed by atoms with Gasteiger partial charge in [-0.25, -0.2) is 0 Å². The molecule has 1 rings (SSSR count). The highest BCUT2D eigenvalue weighted by Gasteiger charge is 2.17. The summed E-state index contributed by atoms with van der Waals surface area (Å²) >= 11 is 0. The molecular weight excluding hydrogens is 357 g/mol. The Labute approximate surface area is 133 Å². The molecule has 1 heterocycles. The maximum absolute atomic E-state index is 10.9. The van der Waals surface area contributed by atoms with Crippen molar-refractivity contribution in [1.29, 1.82) is 0 Å². The number of hydrogen-bond acceptors (Lipinski definition) is 3. The zero-order valence-corrected chi connectivity index (χ0v) is 14.3. The van der Waals surface area contributed by atoms with Gasteiger partial charge >= 0.3 is 5.97 Å². The number of ether oxygens (including phenoxy) is 1. The summed E-state index contributed by atoms with van der Waals surface area (Å²) < 4.78 is 4.58. The Morgan fingerprint density at radius 3 is 2.84 bits per heavy atom. The van der Waals surface area contributed by atoms with Crippen LogP contribution >= 0.6 is 24.0 Å².